The molecule has 0 saturated heterocycles. The predicted molar refractivity (Wildman–Crippen MR) is 68.2 cm³/mol. The maximum Gasteiger partial charge on any atom is 0.0701 e. The van der Waals surface area contributed by atoms with Crippen LogP contribution < -0.4 is 0 Å². The Kier molecular flexibility index (Phi) is 2.88. The van der Waals surface area contributed by atoms with E-state index in [4.69, 9.17) is 0 Å². The van der Waals surface area contributed by atoms with Crippen molar-refractivity contribution in [2.45, 2.75) is 38.3 Å². The molecule has 1 aromatic rings. The molecule has 15 heavy (non-hydrogen) atoms. The minimum Gasteiger partial charge on any atom is -0.295 e. The van der Waals surface area contributed by atoms with Gasteiger partial charge in [0.2, 0.25) is 0 Å². The van der Waals surface area contributed by atoms with Crippen LogP contribution in [-0.4, -0.2) is 17.5 Å². The molecule has 3 heteroatoms. The molecule has 0 spiro atoms. The SMILES string of the molecule is Brc1ccc(CN(CC2CC2)C2CC2)s1. The van der Waals surface area contributed by atoms with Crippen LogP contribution in [0.1, 0.15) is 30.6 Å². The van der Waals surface area contributed by atoms with Gasteiger partial charge in [-0.15, -0.1) is 11.3 Å². The Balaban J connectivity index is 1.61. The maximum absolute atomic E-state index is 3.54. The summed E-state index contributed by atoms with van der Waals surface area (Å²) in [6.45, 7) is 2.53. The van der Waals surface area contributed by atoms with E-state index >= 15 is 0 Å². The van der Waals surface area contributed by atoms with Crippen molar-refractivity contribution < 1.29 is 0 Å². The second-order valence-corrected chi connectivity index (χ2v) is 7.36. The fraction of sp³-hybridized carbons (Fsp3) is 0.667. The van der Waals surface area contributed by atoms with Gasteiger partial charge in [-0.2, -0.15) is 0 Å². The first-order valence-corrected chi connectivity index (χ1v) is 7.40. The third-order valence-electron chi connectivity index (χ3n) is 3.24. The predicted octanol–water partition coefficient (Wildman–Crippen LogP) is 3.89. The van der Waals surface area contributed by atoms with Crippen molar-refractivity contribution in [1.29, 1.82) is 0 Å². The largest absolute Gasteiger partial charge is 0.295 e. The highest BCUT2D eigenvalue weighted by Crippen LogP contribution is 2.36. The van der Waals surface area contributed by atoms with Crippen molar-refractivity contribution in [2.75, 3.05) is 6.54 Å². The summed E-state index contributed by atoms with van der Waals surface area (Å²) < 4.78 is 1.26. The fourth-order valence-corrected chi connectivity index (χ4v) is 3.56. The van der Waals surface area contributed by atoms with Crippen LogP contribution in [0.25, 0.3) is 0 Å². The van der Waals surface area contributed by atoms with E-state index in [2.05, 4.69) is 33.0 Å². The van der Waals surface area contributed by atoms with Crippen molar-refractivity contribution in [3.05, 3.63) is 20.8 Å². The summed E-state index contributed by atoms with van der Waals surface area (Å²) in [5, 5.41) is 0. The number of hydrogen-bond donors (Lipinski definition) is 0. The highest BCUT2D eigenvalue weighted by molar-refractivity contribution is 9.11. The standard InChI is InChI=1S/C12H16BrNS/c13-12-6-5-11(15-12)8-14(10-3-4-10)7-9-1-2-9/h5-6,9-10H,1-4,7-8H2. The first kappa shape index (κ1) is 10.3. The minimum atomic E-state index is 0.909. The summed E-state index contributed by atoms with van der Waals surface area (Å²) in [4.78, 5) is 4.21. The zero-order chi connectivity index (χ0) is 10.3. The molecule has 0 bridgehead atoms. The molecule has 0 radical (unpaired) electrons. The maximum atomic E-state index is 3.54. The Labute approximate surface area is 104 Å². The summed E-state index contributed by atoms with van der Waals surface area (Å²) in [6.07, 6.45) is 5.80. The van der Waals surface area contributed by atoms with Gasteiger partial charge in [0, 0.05) is 24.0 Å². The Hall–Kier alpha value is 0.140. The summed E-state index contributed by atoms with van der Waals surface area (Å²) >= 11 is 5.42. The number of halogens is 1. The Morgan fingerprint density at radius 2 is 2.07 bits per heavy atom. The number of hydrogen-bond acceptors (Lipinski definition) is 2. The molecule has 3 rings (SSSR count). The van der Waals surface area contributed by atoms with E-state index < -0.39 is 0 Å². The molecular formula is C12H16BrNS. The van der Waals surface area contributed by atoms with Crippen LogP contribution in [-0.2, 0) is 6.54 Å². The number of thiophene rings is 1. The third-order valence-corrected chi connectivity index (χ3v) is 4.85. The zero-order valence-corrected chi connectivity index (χ0v) is 11.2. The van der Waals surface area contributed by atoms with Gasteiger partial charge in [0.05, 0.1) is 3.79 Å². The Morgan fingerprint density at radius 3 is 2.60 bits per heavy atom. The number of rotatable bonds is 5. The molecule has 0 aliphatic heterocycles. The minimum absolute atomic E-state index is 0.909. The van der Waals surface area contributed by atoms with Gasteiger partial charge in [0.15, 0.2) is 0 Å². The molecule has 0 aromatic carbocycles. The van der Waals surface area contributed by atoms with Crippen molar-refractivity contribution in [2.24, 2.45) is 5.92 Å². The summed E-state index contributed by atoms with van der Waals surface area (Å²) in [5.74, 6) is 1.02. The van der Waals surface area contributed by atoms with E-state index in [1.807, 2.05) is 11.3 Å². The van der Waals surface area contributed by atoms with Crippen LogP contribution in [0, 0.1) is 5.92 Å². The highest BCUT2D eigenvalue weighted by atomic mass is 79.9. The molecular weight excluding hydrogens is 270 g/mol. The fourth-order valence-electron chi connectivity index (χ4n) is 2.05. The normalized spacial score (nSPS) is 21.2. The van der Waals surface area contributed by atoms with E-state index in [1.165, 1.54) is 47.4 Å². The summed E-state index contributed by atoms with van der Waals surface area (Å²) in [6, 6.07) is 5.34. The summed E-state index contributed by atoms with van der Waals surface area (Å²) in [7, 11) is 0. The van der Waals surface area contributed by atoms with Gasteiger partial charge in [0.1, 0.15) is 0 Å². The summed E-state index contributed by atoms with van der Waals surface area (Å²) in [5.41, 5.74) is 0. The lowest BCUT2D eigenvalue weighted by atomic mass is 10.3. The lowest BCUT2D eigenvalue weighted by Gasteiger charge is -2.20. The van der Waals surface area contributed by atoms with Gasteiger partial charge in [-0.05, 0) is 59.7 Å². The van der Waals surface area contributed by atoms with Crippen LogP contribution in [0.2, 0.25) is 0 Å². The van der Waals surface area contributed by atoms with Crippen LogP contribution in [0.15, 0.2) is 15.9 Å². The van der Waals surface area contributed by atoms with Crippen LogP contribution in [0.4, 0.5) is 0 Å². The lowest BCUT2D eigenvalue weighted by molar-refractivity contribution is 0.246. The van der Waals surface area contributed by atoms with Gasteiger partial charge in [0.25, 0.3) is 0 Å². The first-order valence-electron chi connectivity index (χ1n) is 5.79. The van der Waals surface area contributed by atoms with Gasteiger partial charge in [-0.3, -0.25) is 4.90 Å². The number of nitrogens with zero attached hydrogens (tertiary/aromatic N) is 1. The molecule has 2 saturated carbocycles. The van der Waals surface area contributed by atoms with Crippen molar-refractivity contribution >= 4 is 27.3 Å². The second-order valence-electron chi connectivity index (χ2n) is 4.81. The van der Waals surface area contributed by atoms with Crippen LogP contribution in [0.5, 0.6) is 0 Å². The molecule has 0 atom stereocenters. The van der Waals surface area contributed by atoms with Crippen molar-refractivity contribution in [1.82, 2.24) is 4.90 Å². The highest BCUT2D eigenvalue weighted by Gasteiger charge is 2.33. The van der Waals surface area contributed by atoms with Gasteiger partial charge < -0.3 is 0 Å². The van der Waals surface area contributed by atoms with E-state index in [9.17, 15) is 0 Å². The smallest absolute Gasteiger partial charge is 0.0701 e. The average molecular weight is 286 g/mol. The van der Waals surface area contributed by atoms with E-state index in [1.54, 1.807) is 0 Å². The van der Waals surface area contributed by atoms with Crippen molar-refractivity contribution in [3.63, 3.8) is 0 Å². The van der Waals surface area contributed by atoms with Crippen LogP contribution >= 0.6 is 27.3 Å². The average Bonchev–Trinajstić information content (AvgIpc) is 3.08. The molecule has 0 amide bonds. The van der Waals surface area contributed by atoms with Gasteiger partial charge in [-0.1, -0.05) is 0 Å². The Bertz CT molecular complexity index is 341. The molecule has 1 heterocycles. The van der Waals surface area contributed by atoms with E-state index in [0.29, 0.717) is 0 Å². The topological polar surface area (TPSA) is 3.24 Å². The van der Waals surface area contributed by atoms with Crippen LogP contribution in [0.3, 0.4) is 0 Å². The quantitative estimate of drug-likeness (QED) is 0.794. The van der Waals surface area contributed by atoms with E-state index in [0.717, 1.165) is 12.0 Å². The molecule has 0 unspecified atom stereocenters. The molecule has 1 aromatic heterocycles. The molecule has 2 aliphatic carbocycles. The zero-order valence-electron chi connectivity index (χ0n) is 8.79. The van der Waals surface area contributed by atoms with E-state index in [-0.39, 0.29) is 0 Å². The molecule has 0 N–H and O–H groups in total. The molecule has 1 nitrogen and oxygen atoms in total. The monoisotopic (exact) mass is 285 g/mol. The Morgan fingerprint density at radius 1 is 1.27 bits per heavy atom. The van der Waals surface area contributed by atoms with Crippen molar-refractivity contribution in [3.8, 4) is 0 Å². The first-order chi connectivity index (χ1) is 7.31. The van der Waals surface area contributed by atoms with Gasteiger partial charge >= 0.3 is 0 Å². The molecule has 2 fully saturated rings. The molecule has 82 valence electrons. The third kappa shape index (κ3) is 2.83. The molecule has 2 aliphatic rings. The van der Waals surface area contributed by atoms with Gasteiger partial charge in [-0.25, -0.2) is 0 Å². The lowest BCUT2D eigenvalue weighted by Crippen LogP contribution is -2.27. The second kappa shape index (κ2) is 4.19.